The van der Waals surface area contributed by atoms with Gasteiger partial charge in [-0.05, 0) is 38.7 Å². The van der Waals surface area contributed by atoms with Crippen molar-refractivity contribution in [3.8, 4) is 0 Å². The standard InChI is InChI=1S/C17H26N2O2/c1-3-19(16(21)11-17(18)9-4-10-17)12-15(20)14-7-5-13(2)6-8-14/h5-8,15,20H,3-4,9-12,18H2,1-2H3. The first-order valence-electron chi connectivity index (χ1n) is 7.75. The largest absolute Gasteiger partial charge is 0.387 e. The van der Waals surface area contributed by atoms with Gasteiger partial charge in [0.15, 0.2) is 0 Å². The summed E-state index contributed by atoms with van der Waals surface area (Å²) in [4.78, 5) is 14.0. The van der Waals surface area contributed by atoms with Gasteiger partial charge in [0.2, 0.25) is 5.91 Å². The molecule has 0 aromatic heterocycles. The predicted octanol–water partition coefficient (Wildman–Crippen LogP) is 2.15. The number of benzene rings is 1. The van der Waals surface area contributed by atoms with E-state index in [9.17, 15) is 9.90 Å². The molecule has 3 N–H and O–H groups in total. The van der Waals surface area contributed by atoms with Crippen molar-refractivity contribution in [2.45, 2.75) is 51.2 Å². The monoisotopic (exact) mass is 290 g/mol. The minimum absolute atomic E-state index is 0.0471. The Kier molecular flexibility index (Phi) is 5.01. The summed E-state index contributed by atoms with van der Waals surface area (Å²) >= 11 is 0. The molecule has 2 rings (SSSR count). The van der Waals surface area contributed by atoms with E-state index in [0.29, 0.717) is 19.5 Å². The summed E-state index contributed by atoms with van der Waals surface area (Å²) in [7, 11) is 0. The number of aryl methyl sites for hydroxylation is 1. The third kappa shape index (κ3) is 4.05. The Balaban J connectivity index is 1.94. The van der Waals surface area contributed by atoms with Gasteiger partial charge in [-0.15, -0.1) is 0 Å². The highest BCUT2D eigenvalue weighted by atomic mass is 16.3. The van der Waals surface area contributed by atoms with E-state index in [1.54, 1.807) is 4.90 Å². The molecule has 1 saturated carbocycles. The highest BCUT2D eigenvalue weighted by Crippen LogP contribution is 2.32. The van der Waals surface area contributed by atoms with Gasteiger partial charge >= 0.3 is 0 Å². The van der Waals surface area contributed by atoms with Crippen LogP contribution in [0.25, 0.3) is 0 Å². The molecule has 0 radical (unpaired) electrons. The van der Waals surface area contributed by atoms with E-state index in [0.717, 1.165) is 30.4 Å². The third-order valence-electron chi connectivity index (χ3n) is 4.44. The molecule has 1 amide bonds. The molecule has 1 aliphatic rings. The van der Waals surface area contributed by atoms with Crippen LogP contribution in [0.15, 0.2) is 24.3 Å². The van der Waals surface area contributed by atoms with E-state index >= 15 is 0 Å². The SMILES string of the molecule is CCN(CC(O)c1ccc(C)cc1)C(=O)CC1(N)CCC1. The van der Waals surface area contributed by atoms with Crippen LogP contribution in [0.5, 0.6) is 0 Å². The van der Waals surface area contributed by atoms with E-state index in [1.807, 2.05) is 38.1 Å². The van der Waals surface area contributed by atoms with Crippen molar-refractivity contribution in [2.24, 2.45) is 5.73 Å². The van der Waals surface area contributed by atoms with Crippen molar-refractivity contribution >= 4 is 5.91 Å². The number of rotatable bonds is 6. The topological polar surface area (TPSA) is 66.6 Å². The third-order valence-corrected chi connectivity index (χ3v) is 4.44. The first kappa shape index (κ1) is 16.0. The van der Waals surface area contributed by atoms with E-state index in [2.05, 4.69) is 0 Å². The lowest BCUT2D eigenvalue weighted by Gasteiger charge is -2.39. The second-order valence-electron chi connectivity index (χ2n) is 6.25. The van der Waals surface area contributed by atoms with Crippen LogP contribution in [0.4, 0.5) is 0 Å². The van der Waals surface area contributed by atoms with Crippen LogP contribution < -0.4 is 5.73 Å². The fourth-order valence-corrected chi connectivity index (χ4v) is 2.73. The van der Waals surface area contributed by atoms with Gasteiger partial charge in [-0.1, -0.05) is 29.8 Å². The normalized spacial score (nSPS) is 17.9. The predicted molar refractivity (Wildman–Crippen MR) is 83.8 cm³/mol. The van der Waals surface area contributed by atoms with Gasteiger partial charge < -0.3 is 15.7 Å². The maximum Gasteiger partial charge on any atom is 0.224 e. The lowest BCUT2D eigenvalue weighted by Crippen LogP contribution is -2.51. The van der Waals surface area contributed by atoms with Crippen LogP contribution >= 0.6 is 0 Å². The van der Waals surface area contributed by atoms with Crippen LogP contribution in [-0.4, -0.2) is 34.5 Å². The van der Waals surface area contributed by atoms with E-state index in [1.165, 1.54) is 0 Å². The van der Waals surface area contributed by atoms with Crippen molar-refractivity contribution in [3.05, 3.63) is 35.4 Å². The number of nitrogens with zero attached hydrogens (tertiary/aromatic N) is 1. The minimum atomic E-state index is -0.649. The number of hydrogen-bond donors (Lipinski definition) is 2. The molecule has 4 heteroatoms. The van der Waals surface area contributed by atoms with Crippen LogP contribution in [0.2, 0.25) is 0 Å². The number of likely N-dealkylation sites (N-methyl/N-ethyl adjacent to an activating group) is 1. The number of carbonyl (C=O) groups is 1. The van der Waals surface area contributed by atoms with E-state index in [-0.39, 0.29) is 11.4 Å². The highest BCUT2D eigenvalue weighted by Gasteiger charge is 2.36. The first-order valence-corrected chi connectivity index (χ1v) is 7.75. The fourth-order valence-electron chi connectivity index (χ4n) is 2.73. The molecule has 0 aliphatic heterocycles. The molecule has 116 valence electrons. The molecule has 1 aromatic rings. The number of carbonyl (C=O) groups excluding carboxylic acids is 1. The quantitative estimate of drug-likeness (QED) is 0.843. The summed E-state index contributed by atoms with van der Waals surface area (Å²) in [6.07, 6.45) is 2.71. The number of amides is 1. The molecule has 1 atom stereocenters. The Labute approximate surface area is 126 Å². The number of aliphatic hydroxyl groups excluding tert-OH is 1. The van der Waals surface area contributed by atoms with Crippen LogP contribution in [0.1, 0.15) is 49.8 Å². The maximum atomic E-state index is 12.3. The molecule has 0 bridgehead atoms. The molecule has 21 heavy (non-hydrogen) atoms. The van der Waals surface area contributed by atoms with Crippen molar-refractivity contribution in [3.63, 3.8) is 0 Å². The van der Waals surface area contributed by atoms with E-state index in [4.69, 9.17) is 5.73 Å². The summed E-state index contributed by atoms with van der Waals surface area (Å²) < 4.78 is 0. The van der Waals surface area contributed by atoms with Crippen molar-refractivity contribution in [1.29, 1.82) is 0 Å². The molecule has 0 saturated heterocycles. The second kappa shape index (κ2) is 6.58. The Morgan fingerprint density at radius 1 is 1.38 bits per heavy atom. The Bertz CT molecular complexity index is 480. The zero-order valence-electron chi connectivity index (χ0n) is 13.0. The summed E-state index contributed by atoms with van der Waals surface area (Å²) in [6, 6.07) is 7.77. The molecular formula is C17H26N2O2. The molecule has 4 nitrogen and oxygen atoms in total. The first-order chi connectivity index (χ1) is 9.93. The van der Waals surface area contributed by atoms with Crippen LogP contribution in [0, 0.1) is 6.92 Å². The Morgan fingerprint density at radius 2 is 2.00 bits per heavy atom. The van der Waals surface area contributed by atoms with Crippen molar-refractivity contribution < 1.29 is 9.90 Å². The van der Waals surface area contributed by atoms with Gasteiger partial charge in [0, 0.05) is 18.5 Å². The van der Waals surface area contributed by atoms with Gasteiger partial charge in [0.05, 0.1) is 12.6 Å². The summed E-state index contributed by atoms with van der Waals surface area (Å²) in [5.74, 6) is 0.0471. The van der Waals surface area contributed by atoms with Gasteiger partial charge in [0.1, 0.15) is 0 Å². The molecule has 0 spiro atoms. The highest BCUT2D eigenvalue weighted by molar-refractivity contribution is 5.77. The number of aliphatic hydroxyl groups is 1. The maximum absolute atomic E-state index is 12.3. The van der Waals surface area contributed by atoms with Gasteiger partial charge in [-0.25, -0.2) is 0 Å². The fraction of sp³-hybridized carbons (Fsp3) is 0.588. The van der Waals surface area contributed by atoms with Crippen LogP contribution in [0.3, 0.4) is 0 Å². The number of hydrogen-bond acceptors (Lipinski definition) is 3. The molecule has 1 unspecified atom stereocenters. The lowest BCUT2D eigenvalue weighted by molar-refractivity contribution is -0.134. The minimum Gasteiger partial charge on any atom is -0.387 e. The van der Waals surface area contributed by atoms with Gasteiger partial charge in [-0.2, -0.15) is 0 Å². The van der Waals surface area contributed by atoms with Gasteiger partial charge in [-0.3, -0.25) is 4.79 Å². The average Bonchev–Trinajstić information content (AvgIpc) is 2.43. The zero-order chi connectivity index (χ0) is 15.5. The summed E-state index contributed by atoms with van der Waals surface area (Å²) in [5, 5.41) is 10.3. The van der Waals surface area contributed by atoms with Crippen LogP contribution in [-0.2, 0) is 4.79 Å². The van der Waals surface area contributed by atoms with Gasteiger partial charge in [0.25, 0.3) is 0 Å². The molecule has 1 aliphatic carbocycles. The molecule has 1 fully saturated rings. The van der Waals surface area contributed by atoms with Crippen molar-refractivity contribution in [1.82, 2.24) is 4.90 Å². The lowest BCUT2D eigenvalue weighted by atomic mass is 9.75. The second-order valence-corrected chi connectivity index (χ2v) is 6.25. The van der Waals surface area contributed by atoms with Crippen molar-refractivity contribution in [2.75, 3.05) is 13.1 Å². The molecular weight excluding hydrogens is 264 g/mol. The zero-order valence-corrected chi connectivity index (χ0v) is 13.0. The molecule has 0 heterocycles. The summed E-state index contributed by atoms with van der Waals surface area (Å²) in [5.41, 5.74) is 7.84. The summed E-state index contributed by atoms with van der Waals surface area (Å²) in [6.45, 7) is 4.87. The Morgan fingerprint density at radius 3 is 2.48 bits per heavy atom. The molecule has 1 aromatic carbocycles. The average molecular weight is 290 g/mol. The number of nitrogens with two attached hydrogens (primary N) is 1. The van der Waals surface area contributed by atoms with E-state index < -0.39 is 6.10 Å². The smallest absolute Gasteiger partial charge is 0.224 e. The Hall–Kier alpha value is -1.39.